The van der Waals surface area contributed by atoms with Crippen molar-refractivity contribution >= 4 is 29.5 Å². The lowest BCUT2D eigenvalue weighted by molar-refractivity contribution is -0.137. The van der Waals surface area contributed by atoms with Gasteiger partial charge in [-0.15, -0.1) is 5.00 Å². The van der Waals surface area contributed by atoms with Crippen molar-refractivity contribution in [2.45, 2.75) is 0 Å². The first-order valence-corrected chi connectivity index (χ1v) is 4.80. The molecule has 0 saturated carbocycles. The predicted molar refractivity (Wildman–Crippen MR) is 53.8 cm³/mol. The van der Waals surface area contributed by atoms with Crippen molar-refractivity contribution in [3.63, 3.8) is 0 Å². The van der Waals surface area contributed by atoms with Crippen LogP contribution in [0.2, 0.25) is 0 Å². The van der Waals surface area contributed by atoms with Crippen molar-refractivity contribution in [2.75, 3.05) is 19.7 Å². The Morgan fingerprint density at radius 3 is 2.56 bits per heavy atom. The number of hydrogen-bond donors (Lipinski definition) is 2. The molecule has 88 valence electrons. The first-order valence-electron chi connectivity index (χ1n) is 4.43. The SMILES string of the molecule is O=C(CONCl)NCCN1C(=O)C=CC1=O. The number of amides is 3. The number of carbonyl (C=O) groups excluding carboxylic acids is 3. The molecule has 0 spiro atoms. The van der Waals surface area contributed by atoms with Gasteiger partial charge in [-0.1, -0.05) is 0 Å². The molecular formula is C8H10ClN3O4. The molecule has 1 heterocycles. The van der Waals surface area contributed by atoms with E-state index in [9.17, 15) is 14.4 Å². The van der Waals surface area contributed by atoms with E-state index in [4.69, 9.17) is 11.8 Å². The highest BCUT2D eigenvalue weighted by Crippen LogP contribution is 2.01. The predicted octanol–water partition coefficient (Wildman–Crippen LogP) is -1.30. The minimum absolute atomic E-state index is 0.130. The van der Waals surface area contributed by atoms with Crippen LogP contribution < -0.4 is 10.3 Å². The molecule has 0 fully saturated rings. The minimum atomic E-state index is -0.403. The fraction of sp³-hybridized carbons (Fsp3) is 0.375. The Morgan fingerprint density at radius 2 is 2.00 bits per heavy atom. The fourth-order valence-electron chi connectivity index (χ4n) is 1.10. The zero-order chi connectivity index (χ0) is 12.0. The molecule has 0 saturated heterocycles. The van der Waals surface area contributed by atoms with E-state index >= 15 is 0 Å². The minimum Gasteiger partial charge on any atom is -0.352 e. The largest absolute Gasteiger partial charge is 0.352 e. The lowest BCUT2D eigenvalue weighted by atomic mass is 10.5. The Labute approximate surface area is 96.4 Å². The van der Waals surface area contributed by atoms with Crippen LogP contribution in [-0.2, 0) is 19.2 Å². The van der Waals surface area contributed by atoms with E-state index in [1.807, 2.05) is 5.00 Å². The average Bonchev–Trinajstić information content (AvgIpc) is 2.57. The molecule has 0 aliphatic carbocycles. The van der Waals surface area contributed by atoms with E-state index in [2.05, 4.69) is 10.2 Å². The van der Waals surface area contributed by atoms with Crippen LogP contribution in [0, 0.1) is 0 Å². The third-order valence-electron chi connectivity index (χ3n) is 1.82. The fourth-order valence-corrected chi connectivity index (χ4v) is 1.16. The summed E-state index contributed by atoms with van der Waals surface area (Å²) in [7, 11) is 0. The van der Waals surface area contributed by atoms with Crippen molar-refractivity contribution in [3.05, 3.63) is 12.2 Å². The Bertz CT molecular complexity index is 313. The standard InChI is InChI=1S/C8H10ClN3O4/c9-11-16-5-6(13)10-3-4-12-7(14)1-2-8(12)15/h1-2,11H,3-5H2,(H,10,13). The van der Waals surface area contributed by atoms with Gasteiger partial charge in [0.25, 0.3) is 11.8 Å². The lowest BCUT2D eigenvalue weighted by Gasteiger charge is -2.13. The molecule has 3 amide bonds. The first-order chi connectivity index (χ1) is 7.65. The summed E-state index contributed by atoms with van der Waals surface area (Å²) in [6, 6.07) is 0. The van der Waals surface area contributed by atoms with Crippen LogP contribution in [0.25, 0.3) is 0 Å². The summed E-state index contributed by atoms with van der Waals surface area (Å²) in [5, 5.41) is 2.45. The van der Waals surface area contributed by atoms with Gasteiger partial charge in [0, 0.05) is 37.0 Å². The number of imide groups is 1. The van der Waals surface area contributed by atoms with Crippen molar-refractivity contribution in [3.8, 4) is 0 Å². The summed E-state index contributed by atoms with van der Waals surface area (Å²) in [5.74, 6) is -1.16. The summed E-state index contributed by atoms with van der Waals surface area (Å²) in [4.78, 5) is 40.4. The molecule has 7 nitrogen and oxygen atoms in total. The quantitative estimate of drug-likeness (QED) is 0.346. The van der Waals surface area contributed by atoms with E-state index < -0.39 is 5.91 Å². The summed E-state index contributed by atoms with van der Waals surface area (Å²) < 4.78 is 0. The van der Waals surface area contributed by atoms with E-state index in [1.165, 1.54) is 12.2 Å². The highest BCUT2D eigenvalue weighted by Gasteiger charge is 2.22. The monoisotopic (exact) mass is 247 g/mol. The second-order valence-electron chi connectivity index (χ2n) is 2.88. The maximum atomic E-state index is 11.1. The topological polar surface area (TPSA) is 87.7 Å². The van der Waals surface area contributed by atoms with Crippen LogP contribution in [0.3, 0.4) is 0 Å². The highest BCUT2D eigenvalue weighted by atomic mass is 35.5. The molecule has 1 rings (SSSR count). The van der Waals surface area contributed by atoms with Gasteiger partial charge in [0.1, 0.15) is 6.61 Å². The first kappa shape index (κ1) is 12.6. The lowest BCUT2D eigenvalue weighted by Crippen LogP contribution is -2.39. The molecule has 0 atom stereocenters. The number of carbonyl (C=O) groups is 3. The number of halogens is 1. The van der Waals surface area contributed by atoms with Crippen molar-refractivity contribution in [1.82, 2.24) is 15.2 Å². The molecule has 8 heteroatoms. The van der Waals surface area contributed by atoms with Gasteiger partial charge in [0.2, 0.25) is 5.91 Å². The van der Waals surface area contributed by atoms with Crippen LogP contribution in [0.1, 0.15) is 0 Å². The van der Waals surface area contributed by atoms with E-state index in [0.717, 1.165) is 4.90 Å². The smallest absolute Gasteiger partial charge is 0.253 e. The van der Waals surface area contributed by atoms with Crippen LogP contribution in [0.4, 0.5) is 0 Å². The van der Waals surface area contributed by atoms with Crippen LogP contribution >= 0.6 is 11.8 Å². The number of nitrogens with one attached hydrogen (secondary N) is 2. The highest BCUT2D eigenvalue weighted by molar-refractivity contribution is 6.13. The Balaban J connectivity index is 2.18. The molecule has 0 radical (unpaired) electrons. The summed E-state index contributed by atoms with van der Waals surface area (Å²) in [5.41, 5.74) is 0. The van der Waals surface area contributed by atoms with Gasteiger partial charge in [-0.3, -0.25) is 24.1 Å². The van der Waals surface area contributed by atoms with Crippen LogP contribution in [0.5, 0.6) is 0 Å². The van der Waals surface area contributed by atoms with Gasteiger partial charge in [-0.25, -0.2) is 0 Å². The molecule has 1 aliphatic rings. The normalized spacial score (nSPS) is 14.7. The third-order valence-corrected chi connectivity index (χ3v) is 1.93. The molecule has 2 N–H and O–H groups in total. The van der Waals surface area contributed by atoms with Crippen molar-refractivity contribution < 1.29 is 19.2 Å². The van der Waals surface area contributed by atoms with Gasteiger partial charge in [-0.05, 0) is 0 Å². The second-order valence-corrected chi connectivity index (χ2v) is 3.03. The van der Waals surface area contributed by atoms with Crippen molar-refractivity contribution in [2.24, 2.45) is 0 Å². The van der Waals surface area contributed by atoms with Gasteiger partial charge in [0.15, 0.2) is 0 Å². The number of nitrogens with zero attached hydrogens (tertiary/aromatic N) is 1. The Kier molecular flexibility index (Phi) is 4.90. The van der Waals surface area contributed by atoms with E-state index in [0.29, 0.717) is 0 Å². The molecule has 0 aromatic carbocycles. The molecule has 0 bridgehead atoms. The maximum absolute atomic E-state index is 11.1. The van der Waals surface area contributed by atoms with Crippen molar-refractivity contribution in [1.29, 1.82) is 0 Å². The zero-order valence-corrected chi connectivity index (χ0v) is 8.99. The Hall–Kier alpha value is -1.44. The van der Waals surface area contributed by atoms with Gasteiger partial charge >= 0.3 is 0 Å². The maximum Gasteiger partial charge on any atom is 0.253 e. The molecule has 16 heavy (non-hydrogen) atoms. The number of rotatable bonds is 6. The van der Waals surface area contributed by atoms with E-state index in [1.54, 1.807) is 0 Å². The zero-order valence-electron chi connectivity index (χ0n) is 8.23. The number of hydrogen-bond acceptors (Lipinski definition) is 5. The third kappa shape index (κ3) is 3.61. The molecular weight excluding hydrogens is 238 g/mol. The van der Waals surface area contributed by atoms with Crippen LogP contribution in [-0.4, -0.2) is 42.3 Å². The summed E-state index contributed by atoms with van der Waals surface area (Å²) in [6.07, 6.45) is 2.37. The van der Waals surface area contributed by atoms with Gasteiger partial charge < -0.3 is 5.32 Å². The molecule has 0 aromatic rings. The van der Waals surface area contributed by atoms with Gasteiger partial charge in [-0.2, -0.15) is 0 Å². The summed E-state index contributed by atoms with van der Waals surface area (Å²) >= 11 is 4.96. The summed E-state index contributed by atoms with van der Waals surface area (Å²) in [6.45, 7) is 0.0536. The molecule has 1 aliphatic heterocycles. The van der Waals surface area contributed by atoms with Crippen LogP contribution in [0.15, 0.2) is 12.2 Å². The Morgan fingerprint density at radius 1 is 1.38 bits per heavy atom. The molecule has 0 unspecified atom stereocenters. The van der Waals surface area contributed by atoms with E-state index in [-0.39, 0.29) is 31.5 Å². The second kappa shape index (κ2) is 6.21. The van der Waals surface area contributed by atoms with Gasteiger partial charge in [0.05, 0.1) is 0 Å². The molecule has 0 aromatic heterocycles. The average molecular weight is 248 g/mol.